The van der Waals surface area contributed by atoms with Crippen LogP contribution in [0, 0.1) is 6.92 Å². The van der Waals surface area contributed by atoms with Crippen LogP contribution in [0.15, 0.2) is 12.1 Å². The predicted octanol–water partition coefficient (Wildman–Crippen LogP) is 2.90. The number of hydrogen-bond donors (Lipinski definition) is 1. The van der Waals surface area contributed by atoms with Crippen LogP contribution in [-0.4, -0.2) is 27.3 Å². The molecule has 1 saturated heterocycles. The van der Waals surface area contributed by atoms with Crippen molar-refractivity contribution in [3.8, 4) is 11.5 Å². The summed E-state index contributed by atoms with van der Waals surface area (Å²) >= 11 is 0. The maximum atomic E-state index is 5.50. The maximum Gasteiger partial charge on any atom is 0.122 e. The third-order valence-electron chi connectivity index (χ3n) is 3.48. The lowest BCUT2D eigenvalue weighted by Gasteiger charge is -2.25. The Balaban J connectivity index is 0.00000162. The molecule has 3 nitrogen and oxygen atoms in total. The monoisotopic (exact) mass is 271 g/mol. The minimum atomic E-state index is 0. The number of piperidine rings is 1. The number of halogens is 1. The normalized spacial score (nSPS) is 18.9. The van der Waals surface area contributed by atoms with Crippen molar-refractivity contribution in [2.45, 2.75) is 25.7 Å². The van der Waals surface area contributed by atoms with Gasteiger partial charge in [0.2, 0.25) is 0 Å². The Morgan fingerprint density at radius 1 is 1.17 bits per heavy atom. The fraction of sp³-hybridized carbons (Fsp3) is 0.571. The minimum absolute atomic E-state index is 0. The SMILES string of the molecule is COc1cc(C2CCCNC2)c(OC)cc1C.Cl. The molecule has 1 heterocycles. The van der Waals surface area contributed by atoms with Crippen LogP contribution in [0.25, 0.3) is 0 Å². The maximum absolute atomic E-state index is 5.50. The molecule has 1 aromatic rings. The van der Waals surface area contributed by atoms with Gasteiger partial charge in [-0.15, -0.1) is 12.4 Å². The highest BCUT2D eigenvalue weighted by Crippen LogP contribution is 2.35. The van der Waals surface area contributed by atoms with Crippen LogP contribution >= 0.6 is 12.4 Å². The van der Waals surface area contributed by atoms with E-state index in [-0.39, 0.29) is 12.4 Å². The highest BCUT2D eigenvalue weighted by atomic mass is 35.5. The Labute approximate surface area is 115 Å². The van der Waals surface area contributed by atoms with E-state index in [1.807, 2.05) is 6.92 Å². The average molecular weight is 272 g/mol. The third kappa shape index (κ3) is 3.09. The number of nitrogens with one attached hydrogen (secondary N) is 1. The Bertz CT molecular complexity index is 390. The molecule has 1 aromatic carbocycles. The van der Waals surface area contributed by atoms with Gasteiger partial charge in [-0.2, -0.15) is 0 Å². The minimum Gasteiger partial charge on any atom is -0.496 e. The van der Waals surface area contributed by atoms with Gasteiger partial charge in [0.1, 0.15) is 11.5 Å². The summed E-state index contributed by atoms with van der Waals surface area (Å²) in [6.45, 7) is 4.20. The molecular formula is C14H22ClNO2. The highest BCUT2D eigenvalue weighted by molar-refractivity contribution is 5.85. The van der Waals surface area contributed by atoms with Gasteiger partial charge in [-0.1, -0.05) is 0 Å². The van der Waals surface area contributed by atoms with Gasteiger partial charge in [-0.3, -0.25) is 0 Å². The van der Waals surface area contributed by atoms with Crippen molar-refractivity contribution in [1.29, 1.82) is 0 Å². The molecule has 1 N–H and O–H groups in total. The summed E-state index contributed by atoms with van der Waals surface area (Å²) in [4.78, 5) is 0. The van der Waals surface area contributed by atoms with Crippen molar-refractivity contribution >= 4 is 12.4 Å². The topological polar surface area (TPSA) is 30.5 Å². The lowest BCUT2D eigenvalue weighted by atomic mass is 9.90. The highest BCUT2D eigenvalue weighted by Gasteiger charge is 2.20. The van der Waals surface area contributed by atoms with Gasteiger partial charge >= 0.3 is 0 Å². The van der Waals surface area contributed by atoms with Crippen molar-refractivity contribution in [2.75, 3.05) is 27.3 Å². The zero-order chi connectivity index (χ0) is 12.3. The van der Waals surface area contributed by atoms with Crippen LogP contribution < -0.4 is 14.8 Å². The second-order valence-corrected chi connectivity index (χ2v) is 4.61. The van der Waals surface area contributed by atoms with E-state index in [2.05, 4.69) is 17.4 Å². The number of methoxy groups -OCH3 is 2. The summed E-state index contributed by atoms with van der Waals surface area (Å²) in [6.07, 6.45) is 2.44. The third-order valence-corrected chi connectivity index (χ3v) is 3.48. The van der Waals surface area contributed by atoms with E-state index in [1.165, 1.54) is 18.4 Å². The lowest BCUT2D eigenvalue weighted by Crippen LogP contribution is -2.28. The molecule has 18 heavy (non-hydrogen) atoms. The Morgan fingerprint density at radius 3 is 2.44 bits per heavy atom. The van der Waals surface area contributed by atoms with Gasteiger partial charge < -0.3 is 14.8 Å². The van der Waals surface area contributed by atoms with E-state index < -0.39 is 0 Å². The molecule has 1 unspecified atom stereocenters. The summed E-state index contributed by atoms with van der Waals surface area (Å²) < 4.78 is 10.9. The molecular weight excluding hydrogens is 250 g/mol. The van der Waals surface area contributed by atoms with Gasteiger partial charge in [0.05, 0.1) is 14.2 Å². The molecule has 0 saturated carbocycles. The second-order valence-electron chi connectivity index (χ2n) is 4.61. The molecule has 4 heteroatoms. The van der Waals surface area contributed by atoms with Crippen LogP contribution in [0.1, 0.15) is 29.9 Å². The van der Waals surface area contributed by atoms with Crippen LogP contribution in [0.4, 0.5) is 0 Å². The summed E-state index contributed by atoms with van der Waals surface area (Å²) in [5.74, 6) is 2.47. The predicted molar refractivity (Wildman–Crippen MR) is 76.4 cm³/mol. The molecule has 0 bridgehead atoms. The van der Waals surface area contributed by atoms with E-state index in [9.17, 15) is 0 Å². The lowest BCUT2D eigenvalue weighted by molar-refractivity contribution is 0.382. The van der Waals surface area contributed by atoms with Gasteiger partial charge in [-0.25, -0.2) is 0 Å². The zero-order valence-electron chi connectivity index (χ0n) is 11.3. The van der Waals surface area contributed by atoms with Crippen LogP contribution in [0.3, 0.4) is 0 Å². The number of benzene rings is 1. The molecule has 102 valence electrons. The quantitative estimate of drug-likeness (QED) is 0.917. The first-order valence-corrected chi connectivity index (χ1v) is 6.19. The van der Waals surface area contributed by atoms with E-state index in [4.69, 9.17) is 9.47 Å². The van der Waals surface area contributed by atoms with Crippen molar-refractivity contribution in [2.24, 2.45) is 0 Å². The zero-order valence-corrected chi connectivity index (χ0v) is 12.1. The summed E-state index contributed by atoms with van der Waals surface area (Å²) in [7, 11) is 3.46. The fourth-order valence-corrected chi connectivity index (χ4v) is 2.51. The summed E-state index contributed by atoms with van der Waals surface area (Å²) in [5, 5.41) is 3.44. The van der Waals surface area contributed by atoms with Gasteiger partial charge in [0.15, 0.2) is 0 Å². The standard InChI is InChI=1S/C14H21NO2.ClH/c1-10-7-14(17-3)12(8-13(10)16-2)11-5-4-6-15-9-11;/h7-8,11,15H,4-6,9H2,1-3H3;1H. The molecule has 1 atom stereocenters. The molecule has 0 aromatic heterocycles. The number of hydrogen-bond acceptors (Lipinski definition) is 3. The Hall–Kier alpha value is -0.930. The van der Waals surface area contributed by atoms with Gasteiger partial charge in [-0.05, 0) is 44.0 Å². The molecule has 1 fully saturated rings. The van der Waals surface area contributed by atoms with Crippen LogP contribution in [0.5, 0.6) is 11.5 Å². The molecule has 0 spiro atoms. The molecule has 1 aliphatic rings. The first-order valence-electron chi connectivity index (χ1n) is 6.19. The summed E-state index contributed by atoms with van der Waals surface area (Å²) in [5.41, 5.74) is 2.39. The van der Waals surface area contributed by atoms with Crippen molar-refractivity contribution in [3.05, 3.63) is 23.3 Å². The largest absolute Gasteiger partial charge is 0.496 e. The van der Waals surface area contributed by atoms with Crippen LogP contribution in [0.2, 0.25) is 0 Å². The van der Waals surface area contributed by atoms with Crippen molar-refractivity contribution < 1.29 is 9.47 Å². The molecule has 0 radical (unpaired) electrons. The fourth-order valence-electron chi connectivity index (χ4n) is 2.51. The van der Waals surface area contributed by atoms with Crippen molar-refractivity contribution in [1.82, 2.24) is 5.32 Å². The van der Waals surface area contributed by atoms with Crippen LogP contribution in [-0.2, 0) is 0 Å². The smallest absolute Gasteiger partial charge is 0.122 e. The Morgan fingerprint density at radius 2 is 1.89 bits per heavy atom. The Kier molecular flexibility index (Phi) is 5.76. The second kappa shape index (κ2) is 6.86. The molecule has 0 aliphatic carbocycles. The first-order chi connectivity index (χ1) is 8.26. The van der Waals surface area contributed by atoms with E-state index >= 15 is 0 Å². The van der Waals surface area contributed by atoms with Gasteiger partial charge in [0.25, 0.3) is 0 Å². The average Bonchev–Trinajstić information content (AvgIpc) is 2.39. The number of rotatable bonds is 3. The van der Waals surface area contributed by atoms with E-state index in [1.54, 1.807) is 14.2 Å². The van der Waals surface area contributed by atoms with Gasteiger partial charge in [0, 0.05) is 18.0 Å². The molecule has 1 aliphatic heterocycles. The van der Waals surface area contributed by atoms with E-state index in [0.29, 0.717) is 5.92 Å². The van der Waals surface area contributed by atoms with E-state index in [0.717, 1.165) is 30.2 Å². The van der Waals surface area contributed by atoms with Crippen molar-refractivity contribution in [3.63, 3.8) is 0 Å². The number of aryl methyl sites for hydroxylation is 1. The first kappa shape index (κ1) is 15.1. The number of ether oxygens (including phenoxy) is 2. The molecule has 0 amide bonds. The molecule has 2 rings (SSSR count). The summed E-state index contributed by atoms with van der Waals surface area (Å²) in [6, 6.07) is 4.20.